The normalized spacial score (nSPS) is 11.2. The molecule has 0 aliphatic heterocycles. The Labute approximate surface area is 126 Å². The van der Waals surface area contributed by atoms with Crippen LogP contribution in [0.5, 0.6) is 0 Å². The molecule has 1 heterocycles. The van der Waals surface area contributed by atoms with Gasteiger partial charge in [0.1, 0.15) is 18.0 Å². The molecule has 0 spiro atoms. The smallest absolute Gasteiger partial charge is 0.140 e. The molecule has 0 unspecified atom stereocenters. The maximum Gasteiger partial charge on any atom is 0.140 e. The van der Waals surface area contributed by atoms with Crippen LogP contribution in [0.4, 0.5) is 4.39 Å². The predicted octanol–water partition coefficient (Wildman–Crippen LogP) is 3.13. The van der Waals surface area contributed by atoms with E-state index < -0.39 is 0 Å². The monoisotopic (exact) mass is 340 g/mol. The summed E-state index contributed by atoms with van der Waals surface area (Å²) in [6.07, 6.45) is 1.55. The van der Waals surface area contributed by atoms with Gasteiger partial charge in [-0.3, -0.25) is 0 Å². The van der Waals surface area contributed by atoms with Crippen molar-refractivity contribution in [3.8, 4) is 0 Å². The van der Waals surface area contributed by atoms with Crippen LogP contribution in [0, 0.1) is 11.7 Å². The number of benzene rings is 1. The molecule has 1 aromatic carbocycles. The quantitative estimate of drug-likeness (QED) is 0.878. The van der Waals surface area contributed by atoms with Crippen molar-refractivity contribution in [2.45, 2.75) is 33.5 Å². The lowest BCUT2D eigenvalue weighted by molar-refractivity contribution is 0.456. The zero-order chi connectivity index (χ0) is 14.5. The highest BCUT2D eigenvalue weighted by Crippen LogP contribution is 2.15. The predicted molar refractivity (Wildman–Crippen MR) is 79.5 cm³/mol. The van der Waals surface area contributed by atoms with E-state index in [-0.39, 0.29) is 5.82 Å². The van der Waals surface area contributed by atoms with Gasteiger partial charge < -0.3 is 5.32 Å². The lowest BCUT2D eigenvalue weighted by Crippen LogP contribution is -2.19. The summed E-state index contributed by atoms with van der Waals surface area (Å²) in [6, 6.07) is 4.93. The van der Waals surface area contributed by atoms with Gasteiger partial charge >= 0.3 is 0 Å². The summed E-state index contributed by atoms with van der Waals surface area (Å²) in [4.78, 5) is 4.23. The van der Waals surface area contributed by atoms with Gasteiger partial charge in [-0.2, -0.15) is 5.10 Å². The maximum atomic E-state index is 13.6. The largest absolute Gasteiger partial charge is 0.306 e. The summed E-state index contributed by atoms with van der Waals surface area (Å²) < 4.78 is 16.4. The summed E-state index contributed by atoms with van der Waals surface area (Å²) in [7, 11) is 0. The van der Waals surface area contributed by atoms with Gasteiger partial charge in [-0.15, -0.1) is 0 Å². The second kappa shape index (κ2) is 6.95. The van der Waals surface area contributed by atoms with Crippen LogP contribution in [-0.2, 0) is 19.6 Å². The average molecular weight is 341 g/mol. The first-order chi connectivity index (χ1) is 9.56. The highest BCUT2D eigenvalue weighted by molar-refractivity contribution is 9.10. The summed E-state index contributed by atoms with van der Waals surface area (Å²) >= 11 is 3.34. The molecule has 0 saturated heterocycles. The number of nitrogens with zero attached hydrogens (tertiary/aromatic N) is 3. The molecular weight excluding hydrogens is 323 g/mol. The van der Waals surface area contributed by atoms with Crippen molar-refractivity contribution in [2.75, 3.05) is 0 Å². The molecule has 0 aliphatic rings. The Morgan fingerprint density at radius 2 is 2.15 bits per heavy atom. The van der Waals surface area contributed by atoms with E-state index in [9.17, 15) is 4.39 Å². The van der Waals surface area contributed by atoms with Crippen molar-refractivity contribution in [2.24, 2.45) is 5.92 Å². The van der Waals surface area contributed by atoms with E-state index in [4.69, 9.17) is 0 Å². The van der Waals surface area contributed by atoms with Crippen LogP contribution in [0.1, 0.15) is 25.2 Å². The Morgan fingerprint density at radius 1 is 1.35 bits per heavy atom. The number of rotatable bonds is 6. The summed E-state index contributed by atoms with van der Waals surface area (Å²) in [6.45, 7) is 6.13. The molecule has 108 valence electrons. The Kier molecular flexibility index (Phi) is 5.25. The van der Waals surface area contributed by atoms with Crippen molar-refractivity contribution in [1.29, 1.82) is 0 Å². The van der Waals surface area contributed by atoms with E-state index in [1.165, 1.54) is 6.07 Å². The van der Waals surface area contributed by atoms with Gasteiger partial charge in [0.25, 0.3) is 0 Å². The van der Waals surface area contributed by atoms with Crippen LogP contribution in [0.3, 0.4) is 0 Å². The van der Waals surface area contributed by atoms with Crippen molar-refractivity contribution in [3.05, 3.63) is 46.2 Å². The fourth-order valence-corrected chi connectivity index (χ4v) is 2.32. The molecule has 0 atom stereocenters. The number of hydrogen-bond donors (Lipinski definition) is 1. The first-order valence-corrected chi connectivity index (χ1v) is 7.37. The molecule has 0 amide bonds. The molecule has 1 aromatic heterocycles. The van der Waals surface area contributed by atoms with E-state index >= 15 is 0 Å². The molecule has 6 heteroatoms. The topological polar surface area (TPSA) is 42.7 Å². The molecule has 0 fully saturated rings. The summed E-state index contributed by atoms with van der Waals surface area (Å²) in [5, 5.41) is 7.40. The molecule has 0 radical (unpaired) electrons. The first kappa shape index (κ1) is 15.1. The lowest BCUT2D eigenvalue weighted by atomic mass is 10.2. The van der Waals surface area contributed by atoms with E-state index in [1.807, 2.05) is 4.68 Å². The highest BCUT2D eigenvalue weighted by Gasteiger charge is 2.07. The Morgan fingerprint density at radius 3 is 2.90 bits per heavy atom. The van der Waals surface area contributed by atoms with E-state index in [1.54, 1.807) is 18.5 Å². The third-order valence-corrected chi connectivity index (χ3v) is 3.33. The van der Waals surface area contributed by atoms with Gasteiger partial charge in [-0.25, -0.2) is 14.1 Å². The Hall–Kier alpha value is -1.27. The highest BCUT2D eigenvalue weighted by atomic mass is 79.9. The minimum absolute atomic E-state index is 0.204. The van der Waals surface area contributed by atoms with Crippen LogP contribution in [0.2, 0.25) is 0 Å². The molecule has 2 rings (SSSR count). The van der Waals surface area contributed by atoms with Crippen LogP contribution in [-0.4, -0.2) is 14.8 Å². The average Bonchev–Trinajstić information content (AvgIpc) is 2.80. The minimum Gasteiger partial charge on any atom is -0.306 e. The number of halogens is 2. The van der Waals surface area contributed by atoms with Gasteiger partial charge in [0.2, 0.25) is 0 Å². The summed E-state index contributed by atoms with van der Waals surface area (Å²) in [5.74, 6) is 1.18. The molecule has 4 nitrogen and oxygen atoms in total. The third kappa shape index (κ3) is 4.11. The third-order valence-electron chi connectivity index (χ3n) is 2.84. The van der Waals surface area contributed by atoms with Gasteiger partial charge in [0.05, 0.1) is 6.54 Å². The second-order valence-corrected chi connectivity index (χ2v) is 6.01. The van der Waals surface area contributed by atoms with Gasteiger partial charge in [0.15, 0.2) is 0 Å². The van der Waals surface area contributed by atoms with Gasteiger partial charge in [-0.05, 0) is 24.1 Å². The zero-order valence-corrected chi connectivity index (χ0v) is 13.2. The summed E-state index contributed by atoms with van der Waals surface area (Å²) in [5.41, 5.74) is 0.634. The standard InChI is InChI=1S/C14H18BrFN4/c1-10(2)8-20-14(18-9-19-20)7-17-6-11-5-12(15)3-4-13(11)16/h3-5,9-10,17H,6-8H2,1-2H3. The molecule has 0 saturated carbocycles. The number of hydrogen-bond acceptors (Lipinski definition) is 3. The van der Waals surface area contributed by atoms with Crippen LogP contribution >= 0.6 is 15.9 Å². The Balaban J connectivity index is 1.93. The van der Waals surface area contributed by atoms with E-state index in [0.29, 0.717) is 24.6 Å². The SMILES string of the molecule is CC(C)Cn1ncnc1CNCc1cc(Br)ccc1F. The fraction of sp³-hybridized carbons (Fsp3) is 0.429. The first-order valence-electron chi connectivity index (χ1n) is 6.57. The molecule has 1 N–H and O–H groups in total. The molecule has 20 heavy (non-hydrogen) atoms. The molecule has 2 aromatic rings. The molecule has 0 aliphatic carbocycles. The second-order valence-electron chi connectivity index (χ2n) is 5.09. The van der Waals surface area contributed by atoms with E-state index in [2.05, 4.69) is 45.2 Å². The zero-order valence-electron chi connectivity index (χ0n) is 11.6. The van der Waals surface area contributed by atoms with E-state index in [0.717, 1.165) is 16.8 Å². The van der Waals surface area contributed by atoms with Crippen LogP contribution in [0.25, 0.3) is 0 Å². The van der Waals surface area contributed by atoms with Gasteiger partial charge in [-0.1, -0.05) is 29.8 Å². The molecule has 0 bridgehead atoms. The minimum atomic E-state index is -0.204. The fourth-order valence-electron chi connectivity index (χ4n) is 1.91. The van der Waals surface area contributed by atoms with Crippen LogP contribution in [0.15, 0.2) is 29.0 Å². The lowest BCUT2D eigenvalue weighted by Gasteiger charge is -2.10. The van der Waals surface area contributed by atoms with Crippen molar-refractivity contribution >= 4 is 15.9 Å². The molecular formula is C14H18BrFN4. The van der Waals surface area contributed by atoms with Crippen molar-refractivity contribution in [1.82, 2.24) is 20.1 Å². The van der Waals surface area contributed by atoms with Crippen molar-refractivity contribution in [3.63, 3.8) is 0 Å². The maximum absolute atomic E-state index is 13.6. The number of aromatic nitrogens is 3. The van der Waals surface area contributed by atoms with Crippen LogP contribution < -0.4 is 5.32 Å². The van der Waals surface area contributed by atoms with Gasteiger partial charge in [0, 0.05) is 23.1 Å². The number of nitrogens with one attached hydrogen (secondary N) is 1. The Bertz CT molecular complexity index is 568. The van der Waals surface area contributed by atoms with Crippen molar-refractivity contribution < 1.29 is 4.39 Å².